The van der Waals surface area contributed by atoms with E-state index in [1.165, 1.54) is 13.0 Å². The average molecular weight is 531 g/mol. The van der Waals surface area contributed by atoms with Crippen LogP contribution in [0.1, 0.15) is 59.5 Å². The molecule has 2 unspecified atom stereocenters. The molecular weight excluding hydrogens is 501 g/mol. The van der Waals surface area contributed by atoms with Crippen molar-refractivity contribution in [1.29, 1.82) is 0 Å². The molecule has 36 heavy (non-hydrogen) atoms. The van der Waals surface area contributed by atoms with E-state index in [4.69, 9.17) is 4.52 Å². The lowest BCUT2D eigenvalue weighted by Gasteiger charge is -2.40. The lowest BCUT2D eigenvalue weighted by atomic mass is 9.83. The molecule has 1 aromatic carbocycles. The molecule has 2 amide bonds. The highest BCUT2D eigenvalue weighted by Gasteiger charge is 2.38. The molecule has 1 N–H and O–H groups in total. The summed E-state index contributed by atoms with van der Waals surface area (Å²) in [6, 6.07) is 3.93. The summed E-state index contributed by atoms with van der Waals surface area (Å²) in [5.74, 6) is -1.19. The molecule has 2 atom stereocenters. The molecule has 0 spiro atoms. The molecule has 9 nitrogen and oxygen atoms in total. The first kappa shape index (κ1) is 26.4. The molecule has 0 aliphatic carbocycles. The van der Waals surface area contributed by atoms with E-state index in [9.17, 15) is 31.5 Å². The Kier molecular flexibility index (Phi) is 7.33. The molecule has 0 saturated carbocycles. The Morgan fingerprint density at radius 2 is 1.83 bits per heavy atom. The van der Waals surface area contributed by atoms with Crippen molar-refractivity contribution >= 4 is 15.9 Å². The van der Waals surface area contributed by atoms with Crippen molar-refractivity contribution < 1.29 is 36.0 Å². The van der Waals surface area contributed by atoms with Gasteiger partial charge in [-0.05, 0) is 43.4 Å². The molecule has 2 aliphatic rings. The molecule has 2 fully saturated rings. The maximum atomic E-state index is 13.6. The minimum Gasteiger partial charge on any atom is -0.393 e. The minimum atomic E-state index is -4.51. The van der Waals surface area contributed by atoms with Crippen molar-refractivity contribution in [1.82, 2.24) is 19.9 Å². The smallest absolute Gasteiger partial charge is 0.393 e. The summed E-state index contributed by atoms with van der Waals surface area (Å²) in [5.41, 5.74) is -0.167. The van der Waals surface area contributed by atoms with Crippen LogP contribution in [-0.2, 0) is 21.8 Å². The number of aromatic nitrogens is 2. The van der Waals surface area contributed by atoms with Gasteiger partial charge in [-0.3, -0.25) is 0 Å². The van der Waals surface area contributed by atoms with Crippen LogP contribution < -0.4 is 0 Å². The number of nitrogens with zero attached hydrogens (tertiary/aromatic N) is 4. The molecule has 13 heteroatoms. The zero-order valence-corrected chi connectivity index (χ0v) is 20.8. The number of hydrogen-bond acceptors (Lipinski definition) is 7. The molecule has 0 bridgehead atoms. The Bertz CT molecular complexity index is 1210. The number of urea groups is 1. The lowest BCUT2D eigenvalue weighted by molar-refractivity contribution is -0.138. The number of aliphatic hydroxyl groups is 1. The van der Waals surface area contributed by atoms with Gasteiger partial charge in [0.2, 0.25) is 5.89 Å². The van der Waals surface area contributed by atoms with Crippen LogP contribution in [0.4, 0.5) is 18.0 Å². The maximum absolute atomic E-state index is 13.6. The Morgan fingerprint density at radius 3 is 2.47 bits per heavy atom. The van der Waals surface area contributed by atoms with E-state index in [1.54, 1.807) is 15.9 Å². The highest BCUT2D eigenvalue weighted by Crippen LogP contribution is 2.39. The molecular formula is C23H29F3N4O5S. The van der Waals surface area contributed by atoms with Gasteiger partial charge in [-0.1, -0.05) is 17.3 Å². The van der Waals surface area contributed by atoms with Crippen LogP contribution in [0.5, 0.6) is 0 Å². The second-order valence-electron chi connectivity index (χ2n) is 9.73. The van der Waals surface area contributed by atoms with Gasteiger partial charge in [0.1, 0.15) is 5.75 Å². The number of hydrogen-bond donors (Lipinski definition) is 1. The summed E-state index contributed by atoms with van der Waals surface area (Å²) < 4.78 is 69.3. The Labute approximate surface area is 207 Å². The van der Waals surface area contributed by atoms with Gasteiger partial charge in [-0.2, -0.15) is 18.2 Å². The number of piperidine rings is 2. The van der Waals surface area contributed by atoms with E-state index in [-0.39, 0.29) is 36.4 Å². The molecule has 2 aliphatic heterocycles. The standard InChI is InChI=1S/C23H29F3N4O5S/c1-14-3-4-15(10-19(14)23(24,25)26)16-9-17(21-27-20(28-35-21)13-36(2,33)34)12-30(11-16)22(32)29-7-5-18(31)6-8-29/h3-4,10,16-18,31H,5-9,11-13H2,1-2H3. The predicted octanol–water partition coefficient (Wildman–Crippen LogP) is 3.09. The number of benzene rings is 1. The number of halogens is 3. The molecule has 198 valence electrons. The normalized spacial score (nSPS) is 22.2. The fraction of sp³-hybridized carbons (Fsp3) is 0.609. The van der Waals surface area contributed by atoms with E-state index in [2.05, 4.69) is 10.1 Å². The van der Waals surface area contributed by atoms with Crippen LogP contribution >= 0.6 is 0 Å². The van der Waals surface area contributed by atoms with Crippen LogP contribution in [0, 0.1) is 6.92 Å². The van der Waals surface area contributed by atoms with Crippen LogP contribution in [0.15, 0.2) is 22.7 Å². The third-order valence-electron chi connectivity index (χ3n) is 6.72. The number of aliphatic hydroxyl groups excluding tert-OH is 1. The van der Waals surface area contributed by atoms with Crippen molar-refractivity contribution in [3.8, 4) is 0 Å². The molecule has 4 rings (SSSR count). The van der Waals surface area contributed by atoms with Crippen molar-refractivity contribution in [3.63, 3.8) is 0 Å². The fourth-order valence-electron chi connectivity index (χ4n) is 4.86. The maximum Gasteiger partial charge on any atom is 0.416 e. The average Bonchev–Trinajstić information content (AvgIpc) is 3.25. The summed E-state index contributed by atoms with van der Waals surface area (Å²) in [6.07, 6.45) is -2.66. The number of likely N-dealkylation sites (tertiary alicyclic amines) is 2. The van der Waals surface area contributed by atoms with Crippen molar-refractivity contribution in [3.05, 3.63) is 46.6 Å². The number of amides is 2. The van der Waals surface area contributed by atoms with Crippen LogP contribution in [0.3, 0.4) is 0 Å². The van der Waals surface area contributed by atoms with Crippen LogP contribution in [-0.4, -0.2) is 78.0 Å². The second kappa shape index (κ2) is 10.0. The Morgan fingerprint density at radius 1 is 1.17 bits per heavy atom. The van der Waals surface area contributed by atoms with Gasteiger partial charge in [0, 0.05) is 38.4 Å². The quantitative estimate of drug-likeness (QED) is 0.646. The summed E-state index contributed by atoms with van der Waals surface area (Å²) >= 11 is 0. The second-order valence-corrected chi connectivity index (χ2v) is 11.9. The molecule has 2 saturated heterocycles. The first-order chi connectivity index (χ1) is 16.8. The zero-order valence-electron chi connectivity index (χ0n) is 20.0. The first-order valence-corrected chi connectivity index (χ1v) is 13.8. The van der Waals surface area contributed by atoms with E-state index < -0.39 is 45.3 Å². The summed E-state index contributed by atoms with van der Waals surface area (Å²) in [6.45, 7) is 2.58. The monoisotopic (exact) mass is 530 g/mol. The third-order valence-corrected chi connectivity index (χ3v) is 7.50. The Hall–Kier alpha value is -2.67. The predicted molar refractivity (Wildman–Crippen MR) is 123 cm³/mol. The van der Waals surface area contributed by atoms with E-state index in [0.717, 1.165) is 12.3 Å². The summed E-state index contributed by atoms with van der Waals surface area (Å²) in [5, 5.41) is 13.5. The minimum absolute atomic E-state index is 0.00721. The number of rotatable bonds is 4. The third kappa shape index (κ3) is 6.17. The number of carbonyl (C=O) groups is 1. The largest absolute Gasteiger partial charge is 0.416 e. The van der Waals surface area contributed by atoms with Crippen LogP contribution in [0.25, 0.3) is 0 Å². The fourth-order valence-corrected chi connectivity index (χ4v) is 5.44. The van der Waals surface area contributed by atoms with Crippen molar-refractivity contribution in [2.24, 2.45) is 0 Å². The number of alkyl halides is 3. The summed E-state index contributed by atoms with van der Waals surface area (Å²) in [4.78, 5) is 20.7. The number of aryl methyl sites for hydroxylation is 1. The van der Waals surface area contributed by atoms with Crippen molar-refractivity contribution in [2.45, 2.75) is 56.1 Å². The zero-order chi connectivity index (χ0) is 26.3. The number of sulfone groups is 1. The van der Waals surface area contributed by atoms with Gasteiger partial charge in [0.15, 0.2) is 15.7 Å². The van der Waals surface area contributed by atoms with E-state index in [1.807, 2.05) is 0 Å². The highest BCUT2D eigenvalue weighted by atomic mass is 32.2. The van der Waals surface area contributed by atoms with Gasteiger partial charge in [0.25, 0.3) is 0 Å². The number of carbonyl (C=O) groups excluding carboxylic acids is 1. The topological polar surface area (TPSA) is 117 Å². The van der Waals surface area contributed by atoms with Crippen molar-refractivity contribution in [2.75, 3.05) is 32.4 Å². The molecule has 1 aromatic heterocycles. The first-order valence-electron chi connectivity index (χ1n) is 11.7. The molecule has 3 heterocycles. The van der Waals surface area contributed by atoms with E-state index in [0.29, 0.717) is 37.9 Å². The highest BCUT2D eigenvalue weighted by molar-refractivity contribution is 7.89. The van der Waals surface area contributed by atoms with Gasteiger partial charge in [-0.25, -0.2) is 13.2 Å². The van der Waals surface area contributed by atoms with Gasteiger partial charge in [0.05, 0.1) is 17.6 Å². The van der Waals surface area contributed by atoms with Gasteiger partial charge in [-0.15, -0.1) is 0 Å². The Balaban J connectivity index is 1.63. The van der Waals surface area contributed by atoms with E-state index >= 15 is 0 Å². The summed E-state index contributed by atoms with van der Waals surface area (Å²) in [7, 11) is -3.40. The van der Waals surface area contributed by atoms with Gasteiger partial charge < -0.3 is 19.4 Å². The van der Waals surface area contributed by atoms with Crippen LogP contribution in [0.2, 0.25) is 0 Å². The molecule has 2 aromatic rings. The van der Waals surface area contributed by atoms with Gasteiger partial charge >= 0.3 is 12.2 Å². The lowest BCUT2D eigenvalue weighted by Crippen LogP contribution is -2.51. The SMILES string of the molecule is Cc1ccc(C2CC(c3nc(CS(C)(=O)=O)no3)CN(C(=O)N3CCC(O)CC3)C2)cc1C(F)(F)F. The molecule has 0 radical (unpaired) electrons.